The van der Waals surface area contributed by atoms with Gasteiger partial charge in [-0.25, -0.2) is 12.8 Å². The Hall–Kier alpha value is -0.830. The van der Waals surface area contributed by atoms with Crippen LogP contribution in [-0.4, -0.2) is 8.42 Å². The van der Waals surface area contributed by atoms with Gasteiger partial charge in [0.15, 0.2) is 5.82 Å². The molecular formula is C12H8Br2ClFN2O2S. The summed E-state index contributed by atoms with van der Waals surface area (Å²) in [6, 6.07) is 6.89. The Morgan fingerprint density at radius 1 is 1.14 bits per heavy atom. The molecular weight excluding hydrogens is 450 g/mol. The Kier molecular flexibility index (Phi) is 4.82. The molecule has 0 aromatic heterocycles. The second-order valence-corrected chi connectivity index (χ2v) is 7.84. The lowest BCUT2D eigenvalue weighted by molar-refractivity contribution is 0.567. The first-order valence-corrected chi connectivity index (χ1v) is 8.88. The van der Waals surface area contributed by atoms with Crippen LogP contribution in [0.5, 0.6) is 0 Å². The fourth-order valence-electron chi connectivity index (χ4n) is 1.55. The van der Waals surface area contributed by atoms with Gasteiger partial charge in [-0.05, 0) is 62.2 Å². The molecule has 2 aromatic rings. The lowest BCUT2D eigenvalue weighted by Crippen LogP contribution is -2.15. The number of halogens is 4. The third kappa shape index (κ3) is 3.68. The van der Waals surface area contributed by atoms with Crippen LogP contribution in [0.2, 0.25) is 5.02 Å². The van der Waals surface area contributed by atoms with Crippen LogP contribution < -0.4 is 10.5 Å². The summed E-state index contributed by atoms with van der Waals surface area (Å²) in [4.78, 5) is -0.554. The highest BCUT2D eigenvalue weighted by molar-refractivity contribution is 9.10. The first-order valence-electron chi connectivity index (χ1n) is 5.43. The topological polar surface area (TPSA) is 72.2 Å². The molecule has 3 N–H and O–H groups in total. The second-order valence-electron chi connectivity index (χ2n) is 4.04. The van der Waals surface area contributed by atoms with Crippen LogP contribution >= 0.6 is 43.5 Å². The molecule has 0 saturated heterocycles. The number of hydrogen-bond acceptors (Lipinski definition) is 3. The van der Waals surface area contributed by atoms with Gasteiger partial charge in [-0.15, -0.1) is 0 Å². The van der Waals surface area contributed by atoms with E-state index in [1.807, 2.05) is 0 Å². The van der Waals surface area contributed by atoms with Crippen LogP contribution in [-0.2, 0) is 10.0 Å². The van der Waals surface area contributed by atoms with Crippen molar-refractivity contribution in [3.63, 3.8) is 0 Å². The SMILES string of the molecule is Nc1cc(Br)c(F)c(S(=O)(=O)Nc2cc(Cl)ccc2Br)c1. The Labute approximate surface area is 142 Å². The molecule has 0 amide bonds. The molecule has 9 heteroatoms. The number of nitrogens with two attached hydrogens (primary N) is 1. The molecule has 21 heavy (non-hydrogen) atoms. The van der Waals surface area contributed by atoms with Gasteiger partial charge in [0.2, 0.25) is 0 Å². The summed E-state index contributed by atoms with van der Waals surface area (Å²) in [7, 11) is -4.15. The third-order valence-corrected chi connectivity index (χ3v) is 5.35. The van der Waals surface area contributed by atoms with Crippen molar-refractivity contribution in [1.82, 2.24) is 0 Å². The molecule has 0 aliphatic heterocycles. The van der Waals surface area contributed by atoms with Crippen molar-refractivity contribution in [3.8, 4) is 0 Å². The molecule has 0 bridgehead atoms. The van der Waals surface area contributed by atoms with E-state index in [0.717, 1.165) is 6.07 Å². The van der Waals surface area contributed by atoms with Crippen molar-refractivity contribution in [2.75, 3.05) is 10.5 Å². The van der Waals surface area contributed by atoms with E-state index in [1.54, 1.807) is 12.1 Å². The highest BCUT2D eigenvalue weighted by Crippen LogP contribution is 2.31. The van der Waals surface area contributed by atoms with E-state index >= 15 is 0 Å². The van der Waals surface area contributed by atoms with Crippen molar-refractivity contribution in [2.45, 2.75) is 4.90 Å². The molecule has 112 valence electrons. The number of nitrogen functional groups attached to an aromatic ring is 1. The maximum atomic E-state index is 14.0. The zero-order valence-corrected chi connectivity index (χ0v) is 14.9. The van der Waals surface area contributed by atoms with E-state index in [-0.39, 0.29) is 15.8 Å². The normalized spacial score (nSPS) is 11.4. The lowest BCUT2D eigenvalue weighted by atomic mass is 10.3. The van der Waals surface area contributed by atoms with Gasteiger partial charge in [0, 0.05) is 15.2 Å². The van der Waals surface area contributed by atoms with Gasteiger partial charge < -0.3 is 5.73 Å². The molecule has 0 saturated carbocycles. The molecule has 0 radical (unpaired) electrons. The predicted octanol–water partition coefficient (Wildman–Crippen LogP) is 4.39. The highest BCUT2D eigenvalue weighted by atomic mass is 79.9. The van der Waals surface area contributed by atoms with Gasteiger partial charge in [0.1, 0.15) is 4.90 Å². The highest BCUT2D eigenvalue weighted by Gasteiger charge is 2.22. The van der Waals surface area contributed by atoms with Crippen LogP contribution in [0.25, 0.3) is 0 Å². The van der Waals surface area contributed by atoms with E-state index in [1.165, 1.54) is 12.1 Å². The van der Waals surface area contributed by atoms with Crippen LogP contribution in [0, 0.1) is 5.82 Å². The van der Waals surface area contributed by atoms with Crippen molar-refractivity contribution >= 4 is 64.9 Å². The van der Waals surface area contributed by atoms with Crippen molar-refractivity contribution < 1.29 is 12.8 Å². The summed E-state index contributed by atoms with van der Waals surface area (Å²) in [5.41, 5.74) is 5.87. The number of rotatable bonds is 3. The Bertz CT molecular complexity index is 815. The molecule has 0 unspecified atom stereocenters. The van der Waals surface area contributed by atoms with E-state index in [4.69, 9.17) is 17.3 Å². The molecule has 0 atom stereocenters. The van der Waals surface area contributed by atoms with Crippen LogP contribution in [0.3, 0.4) is 0 Å². The summed E-state index contributed by atoms with van der Waals surface area (Å²) in [6.07, 6.45) is 0. The summed E-state index contributed by atoms with van der Waals surface area (Å²) in [5, 5.41) is 0.338. The van der Waals surface area contributed by atoms with E-state index in [0.29, 0.717) is 9.50 Å². The van der Waals surface area contributed by atoms with Crippen molar-refractivity contribution in [3.05, 3.63) is 50.1 Å². The maximum absolute atomic E-state index is 14.0. The van der Waals surface area contributed by atoms with Crippen LogP contribution in [0.1, 0.15) is 0 Å². The fourth-order valence-corrected chi connectivity index (χ4v) is 4.02. The predicted molar refractivity (Wildman–Crippen MR) is 88.5 cm³/mol. The van der Waals surface area contributed by atoms with E-state index < -0.39 is 20.7 Å². The summed E-state index contributed by atoms with van der Waals surface area (Å²) < 4.78 is 41.3. The number of hydrogen-bond donors (Lipinski definition) is 2. The molecule has 0 aliphatic rings. The molecule has 0 aliphatic carbocycles. The van der Waals surface area contributed by atoms with E-state index in [2.05, 4.69) is 36.6 Å². The standard InChI is InChI=1S/C12H8Br2ClFN2O2S/c13-8-2-1-6(15)3-10(8)18-21(19,20)11-5-7(17)4-9(14)12(11)16/h1-5,18H,17H2. The smallest absolute Gasteiger partial charge is 0.264 e. The molecule has 4 nitrogen and oxygen atoms in total. The van der Waals surface area contributed by atoms with Gasteiger partial charge >= 0.3 is 0 Å². The molecule has 0 heterocycles. The molecule has 2 aromatic carbocycles. The average molecular weight is 459 g/mol. The molecule has 0 spiro atoms. The third-order valence-electron chi connectivity index (χ3n) is 2.48. The second kappa shape index (κ2) is 6.12. The average Bonchev–Trinajstić information content (AvgIpc) is 2.37. The number of benzene rings is 2. The zero-order valence-electron chi connectivity index (χ0n) is 10.2. The van der Waals surface area contributed by atoms with Gasteiger partial charge in [0.05, 0.1) is 10.2 Å². The first-order chi connectivity index (χ1) is 9.70. The molecule has 2 rings (SSSR count). The summed E-state index contributed by atoms with van der Waals surface area (Å²) >= 11 is 11.9. The van der Waals surface area contributed by atoms with Gasteiger partial charge in [-0.1, -0.05) is 11.6 Å². The minimum absolute atomic E-state index is 0.0342. The van der Waals surface area contributed by atoms with Crippen molar-refractivity contribution in [2.24, 2.45) is 0 Å². The Morgan fingerprint density at radius 2 is 1.81 bits per heavy atom. The molecule has 0 fully saturated rings. The first kappa shape index (κ1) is 16.5. The quantitative estimate of drug-likeness (QED) is 0.671. The largest absolute Gasteiger partial charge is 0.399 e. The number of anilines is 2. The lowest BCUT2D eigenvalue weighted by Gasteiger charge is -2.12. The minimum Gasteiger partial charge on any atom is -0.399 e. The summed E-state index contributed by atoms with van der Waals surface area (Å²) in [5.74, 6) is -0.921. The van der Waals surface area contributed by atoms with Gasteiger partial charge in [-0.2, -0.15) is 0 Å². The number of nitrogens with one attached hydrogen (secondary N) is 1. The number of sulfonamides is 1. The monoisotopic (exact) mass is 456 g/mol. The van der Waals surface area contributed by atoms with Gasteiger partial charge in [0.25, 0.3) is 10.0 Å². The summed E-state index contributed by atoms with van der Waals surface area (Å²) in [6.45, 7) is 0. The minimum atomic E-state index is -4.15. The Morgan fingerprint density at radius 3 is 2.48 bits per heavy atom. The zero-order chi connectivity index (χ0) is 15.8. The van der Waals surface area contributed by atoms with E-state index in [9.17, 15) is 12.8 Å². The maximum Gasteiger partial charge on any atom is 0.264 e. The Balaban J connectivity index is 2.51. The van der Waals surface area contributed by atoms with Gasteiger partial charge in [-0.3, -0.25) is 4.72 Å². The fraction of sp³-hybridized carbons (Fsp3) is 0. The van der Waals surface area contributed by atoms with Crippen molar-refractivity contribution in [1.29, 1.82) is 0 Å². The van der Waals surface area contributed by atoms with Crippen LogP contribution in [0.4, 0.5) is 15.8 Å². The van der Waals surface area contributed by atoms with Crippen LogP contribution in [0.15, 0.2) is 44.2 Å².